The number of nitriles is 1. The summed E-state index contributed by atoms with van der Waals surface area (Å²) in [6.07, 6.45) is 0. The normalized spacial score (nSPS) is 9.95. The highest BCUT2D eigenvalue weighted by Crippen LogP contribution is 2.35. The third kappa shape index (κ3) is 3.25. The van der Waals surface area contributed by atoms with Crippen LogP contribution in [0.2, 0.25) is 0 Å². The third-order valence-corrected chi connectivity index (χ3v) is 4.63. The molecule has 0 saturated carbocycles. The van der Waals surface area contributed by atoms with Crippen molar-refractivity contribution in [2.45, 2.75) is 16.7 Å². The predicted octanol–water partition coefficient (Wildman–Crippen LogP) is 4.67. The van der Waals surface area contributed by atoms with Gasteiger partial charge < -0.3 is 0 Å². The van der Waals surface area contributed by atoms with Gasteiger partial charge in [0.1, 0.15) is 0 Å². The number of Topliss-reactive ketones (excluding diaryl/α,β-unsaturated/α-hetero) is 1. The molecule has 19 heavy (non-hydrogen) atoms. The number of ketones is 1. The zero-order chi connectivity index (χ0) is 13.8. The summed E-state index contributed by atoms with van der Waals surface area (Å²) in [5.74, 6) is -0.000886. The molecule has 2 nitrogen and oxygen atoms in total. The minimum atomic E-state index is -0.000886. The molecular formula is C15H10BrNOS. The molecule has 0 aliphatic carbocycles. The third-order valence-electron chi connectivity index (χ3n) is 2.55. The van der Waals surface area contributed by atoms with E-state index in [4.69, 9.17) is 5.26 Å². The predicted molar refractivity (Wildman–Crippen MR) is 79.4 cm³/mol. The number of carbonyl (C=O) groups excluding carboxylic acids is 1. The maximum atomic E-state index is 11.6. The molecule has 0 saturated heterocycles. The highest BCUT2D eigenvalue weighted by atomic mass is 79.9. The number of nitrogens with zero attached hydrogens (tertiary/aromatic N) is 1. The standard InChI is InChI=1S/C15H10BrNOS/c1-10(18)12-7-6-11(9-17)8-15(12)19-14-5-3-2-4-13(14)16/h2-8H,1H3. The molecule has 2 rings (SSSR count). The van der Waals surface area contributed by atoms with E-state index in [-0.39, 0.29) is 5.78 Å². The van der Waals surface area contributed by atoms with Crippen molar-refractivity contribution in [1.82, 2.24) is 0 Å². The lowest BCUT2D eigenvalue weighted by Gasteiger charge is -2.08. The van der Waals surface area contributed by atoms with Crippen LogP contribution in [0.1, 0.15) is 22.8 Å². The Labute approximate surface area is 124 Å². The molecule has 0 atom stereocenters. The molecule has 0 aliphatic heterocycles. The van der Waals surface area contributed by atoms with Crippen molar-refractivity contribution in [2.24, 2.45) is 0 Å². The Hall–Kier alpha value is -1.57. The van der Waals surface area contributed by atoms with Crippen molar-refractivity contribution in [3.05, 3.63) is 58.1 Å². The molecule has 0 amide bonds. The van der Waals surface area contributed by atoms with Gasteiger partial charge in [-0.05, 0) is 53.2 Å². The first-order chi connectivity index (χ1) is 9.11. The Morgan fingerprint density at radius 1 is 1.21 bits per heavy atom. The van der Waals surface area contributed by atoms with Crippen LogP contribution in [0.3, 0.4) is 0 Å². The van der Waals surface area contributed by atoms with E-state index < -0.39 is 0 Å². The SMILES string of the molecule is CC(=O)c1ccc(C#N)cc1Sc1ccccc1Br. The van der Waals surface area contributed by atoms with Gasteiger partial charge in [-0.25, -0.2) is 0 Å². The average molecular weight is 332 g/mol. The molecule has 4 heteroatoms. The second-order valence-corrected chi connectivity index (χ2v) is 5.85. The Morgan fingerprint density at radius 2 is 1.95 bits per heavy atom. The fraction of sp³-hybridized carbons (Fsp3) is 0.0667. The Balaban J connectivity index is 2.46. The highest BCUT2D eigenvalue weighted by molar-refractivity contribution is 9.10. The summed E-state index contributed by atoms with van der Waals surface area (Å²) in [6, 6.07) is 15.0. The lowest BCUT2D eigenvalue weighted by Crippen LogP contribution is -1.95. The van der Waals surface area contributed by atoms with Gasteiger partial charge in [0.25, 0.3) is 0 Å². The molecule has 0 aliphatic rings. The summed E-state index contributed by atoms with van der Waals surface area (Å²) in [4.78, 5) is 13.5. The van der Waals surface area contributed by atoms with E-state index in [9.17, 15) is 4.79 Å². The Morgan fingerprint density at radius 3 is 2.58 bits per heavy atom. The minimum Gasteiger partial charge on any atom is -0.294 e. The molecule has 0 unspecified atom stereocenters. The second-order valence-electron chi connectivity index (χ2n) is 3.91. The molecule has 2 aromatic rings. The molecule has 2 aromatic carbocycles. The maximum absolute atomic E-state index is 11.6. The van der Waals surface area contributed by atoms with Gasteiger partial charge in [-0.1, -0.05) is 23.9 Å². The van der Waals surface area contributed by atoms with Gasteiger partial charge in [0.2, 0.25) is 0 Å². The van der Waals surface area contributed by atoms with Gasteiger partial charge in [-0.15, -0.1) is 0 Å². The zero-order valence-electron chi connectivity index (χ0n) is 10.2. The summed E-state index contributed by atoms with van der Waals surface area (Å²) in [6.45, 7) is 1.53. The number of halogens is 1. The second kappa shape index (κ2) is 6.05. The van der Waals surface area contributed by atoms with Crippen LogP contribution in [0, 0.1) is 11.3 Å². The van der Waals surface area contributed by atoms with Gasteiger partial charge in [0, 0.05) is 19.8 Å². The lowest BCUT2D eigenvalue weighted by molar-refractivity contribution is 0.101. The Bertz CT molecular complexity index is 676. The van der Waals surface area contributed by atoms with E-state index in [0.717, 1.165) is 14.3 Å². The van der Waals surface area contributed by atoms with Crippen LogP contribution < -0.4 is 0 Å². The fourth-order valence-electron chi connectivity index (χ4n) is 1.61. The zero-order valence-corrected chi connectivity index (χ0v) is 12.6. The van der Waals surface area contributed by atoms with Crippen molar-refractivity contribution >= 4 is 33.5 Å². The highest BCUT2D eigenvalue weighted by Gasteiger charge is 2.11. The lowest BCUT2D eigenvalue weighted by atomic mass is 10.1. The first-order valence-corrected chi connectivity index (χ1v) is 7.20. The van der Waals surface area contributed by atoms with Crippen molar-refractivity contribution in [3.63, 3.8) is 0 Å². The molecule has 0 N–H and O–H groups in total. The van der Waals surface area contributed by atoms with E-state index in [1.807, 2.05) is 24.3 Å². The van der Waals surface area contributed by atoms with Crippen LogP contribution in [-0.2, 0) is 0 Å². The smallest absolute Gasteiger partial charge is 0.160 e. The summed E-state index contributed by atoms with van der Waals surface area (Å²) >= 11 is 4.96. The quantitative estimate of drug-likeness (QED) is 0.767. The largest absolute Gasteiger partial charge is 0.294 e. The van der Waals surface area contributed by atoms with Crippen LogP contribution in [0.25, 0.3) is 0 Å². The van der Waals surface area contributed by atoms with Crippen molar-refractivity contribution in [1.29, 1.82) is 5.26 Å². The van der Waals surface area contributed by atoms with E-state index in [2.05, 4.69) is 22.0 Å². The molecule has 0 heterocycles. The molecule has 0 radical (unpaired) electrons. The number of carbonyl (C=O) groups is 1. The fourth-order valence-corrected chi connectivity index (χ4v) is 3.20. The van der Waals surface area contributed by atoms with E-state index in [0.29, 0.717) is 11.1 Å². The van der Waals surface area contributed by atoms with E-state index in [1.165, 1.54) is 18.7 Å². The number of hydrogen-bond donors (Lipinski definition) is 0. The van der Waals surface area contributed by atoms with Gasteiger partial charge in [0.05, 0.1) is 11.6 Å². The summed E-state index contributed by atoms with van der Waals surface area (Å²) < 4.78 is 0.969. The number of hydrogen-bond acceptors (Lipinski definition) is 3. The van der Waals surface area contributed by atoms with Gasteiger partial charge in [0.15, 0.2) is 5.78 Å². The first kappa shape index (κ1) is 13.9. The van der Waals surface area contributed by atoms with E-state index >= 15 is 0 Å². The van der Waals surface area contributed by atoms with Crippen LogP contribution >= 0.6 is 27.7 Å². The van der Waals surface area contributed by atoms with E-state index in [1.54, 1.807) is 18.2 Å². The minimum absolute atomic E-state index is 0.000886. The van der Waals surface area contributed by atoms with Gasteiger partial charge in [-0.3, -0.25) is 4.79 Å². The Kier molecular flexibility index (Phi) is 4.41. The monoisotopic (exact) mass is 331 g/mol. The molecule has 94 valence electrons. The van der Waals surface area contributed by atoms with Crippen LogP contribution in [0.5, 0.6) is 0 Å². The molecule has 0 aromatic heterocycles. The summed E-state index contributed by atoms with van der Waals surface area (Å²) in [5.41, 5.74) is 1.19. The molecular weight excluding hydrogens is 322 g/mol. The maximum Gasteiger partial charge on any atom is 0.160 e. The summed E-state index contributed by atoms with van der Waals surface area (Å²) in [7, 11) is 0. The van der Waals surface area contributed by atoms with Crippen LogP contribution in [-0.4, -0.2) is 5.78 Å². The van der Waals surface area contributed by atoms with Gasteiger partial charge in [-0.2, -0.15) is 5.26 Å². The number of benzene rings is 2. The van der Waals surface area contributed by atoms with Crippen molar-refractivity contribution < 1.29 is 4.79 Å². The van der Waals surface area contributed by atoms with Crippen LogP contribution in [0.4, 0.5) is 0 Å². The van der Waals surface area contributed by atoms with Crippen molar-refractivity contribution in [3.8, 4) is 6.07 Å². The van der Waals surface area contributed by atoms with Crippen LogP contribution in [0.15, 0.2) is 56.7 Å². The first-order valence-electron chi connectivity index (χ1n) is 5.59. The topological polar surface area (TPSA) is 40.9 Å². The molecule has 0 fully saturated rings. The molecule has 0 bridgehead atoms. The summed E-state index contributed by atoms with van der Waals surface area (Å²) in [5, 5.41) is 8.96. The molecule has 0 spiro atoms. The van der Waals surface area contributed by atoms with Gasteiger partial charge >= 0.3 is 0 Å². The average Bonchev–Trinajstić information content (AvgIpc) is 2.41. The van der Waals surface area contributed by atoms with Crippen molar-refractivity contribution in [2.75, 3.05) is 0 Å². The number of rotatable bonds is 3.